The van der Waals surface area contributed by atoms with Crippen molar-refractivity contribution in [3.8, 4) is 11.5 Å². The van der Waals surface area contributed by atoms with Crippen molar-refractivity contribution in [2.75, 3.05) is 25.3 Å². The van der Waals surface area contributed by atoms with Crippen molar-refractivity contribution in [2.45, 2.75) is 25.0 Å². The summed E-state index contributed by atoms with van der Waals surface area (Å²) in [5.74, 6) is 1.40. The maximum absolute atomic E-state index is 12.5. The molecule has 0 saturated carbocycles. The van der Waals surface area contributed by atoms with Gasteiger partial charge in [0.05, 0.1) is 26.5 Å². The van der Waals surface area contributed by atoms with Crippen LogP contribution in [0.15, 0.2) is 47.6 Å². The lowest BCUT2D eigenvalue weighted by Crippen LogP contribution is -2.24. The fraction of sp³-hybridized carbons (Fsp3) is 0.304. The lowest BCUT2D eigenvalue weighted by atomic mass is 10.1. The predicted octanol–water partition coefficient (Wildman–Crippen LogP) is 3.06. The maximum atomic E-state index is 12.5. The minimum Gasteiger partial charge on any atom is -0.493 e. The molecule has 0 spiro atoms. The molecule has 0 saturated heterocycles. The quantitative estimate of drug-likeness (QED) is 0.440. The number of hydrogen-bond donors (Lipinski definition) is 2. The summed E-state index contributed by atoms with van der Waals surface area (Å²) in [6.07, 6.45) is 0.839. The van der Waals surface area contributed by atoms with E-state index in [1.807, 2.05) is 31.2 Å². The van der Waals surface area contributed by atoms with E-state index in [4.69, 9.17) is 9.47 Å². The summed E-state index contributed by atoms with van der Waals surface area (Å²) in [6.45, 7) is 2.23. The summed E-state index contributed by atoms with van der Waals surface area (Å²) in [5.41, 5.74) is 2.34. The fourth-order valence-corrected chi connectivity index (χ4v) is 3.86. The zero-order valence-electron chi connectivity index (χ0n) is 19.0. The van der Waals surface area contributed by atoms with Gasteiger partial charge in [-0.05, 0) is 36.2 Å². The molecule has 3 rings (SSSR count). The van der Waals surface area contributed by atoms with Crippen molar-refractivity contribution >= 4 is 29.3 Å². The summed E-state index contributed by atoms with van der Waals surface area (Å²) in [6, 6.07) is 12.7. The van der Waals surface area contributed by atoms with Crippen LogP contribution in [0, 0.1) is 0 Å². The van der Waals surface area contributed by atoms with E-state index in [-0.39, 0.29) is 24.1 Å². The van der Waals surface area contributed by atoms with E-state index in [1.54, 1.807) is 29.8 Å². The predicted molar refractivity (Wildman–Crippen MR) is 127 cm³/mol. The van der Waals surface area contributed by atoms with Gasteiger partial charge in [-0.25, -0.2) is 0 Å². The molecular formula is C23H27N5O4S. The van der Waals surface area contributed by atoms with Gasteiger partial charge in [0.1, 0.15) is 0 Å². The molecule has 1 heterocycles. The zero-order valence-corrected chi connectivity index (χ0v) is 19.9. The fourth-order valence-electron chi connectivity index (χ4n) is 3.13. The van der Waals surface area contributed by atoms with E-state index in [2.05, 4.69) is 20.8 Å². The Kier molecular flexibility index (Phi) is 8.31. The van der Waals surface area contributed by atoms with Crippen LogP contribution in [-0.2, 0) is 24.8 Å². The molecule has 10 heteroatoms. The van der Waals surface area contributed by atoms with Crippen LogP contribution >= 0.6 is 11.8 Å². The number of nitrogens with zero attached hydrogens (tertiary/aromatic N) is 3. The van der Waals surface area contributed by atoms with Gasteiger partial charge in [0, 0.05) is 18.3 Å². The number of anilines is 1. The molecule has 1 aromatic heterocycles. The van der Waals surface area contributed by atoms with Crippen LogP contribution in [0.25, 0.3) is 0 Å². The SMILES string of the molecule is CCc1ccccc1NC(=O)CSc1nnc(CNC(=O)c2ccc(OC)c(OC)c2)n1C. The normalized spacial score (nSPS) is 10.5. The highest BCUT2D eigenvalue weighted by molar-refractivity contribution is 7.99. The smallest absolute Gasteiger partial charge is 0.251 e. The van der Waals surface area contributed by atoms with Crippen LogP contribution in [0.3, 0.4) is 0 Å². The lowest BCUT2D eigenvalue weighted by molar-refractivity contribution is -0.113. The van der Waals surface area contributed by atoms with E-state index in [0.717, 1.165) is 17.7 Å². The second-order valence-electron chi connectivity index (χ2n) is 7.06. The van der Waals surface area contributed by atoms with Gasteiger partial charge < -0.3 is 24.7 Å². The third-order valence-corrected chi connectivity index (χ3v) is 6.00. The Morgan fingerprint density at radius 3 is 2.55 bits per heavy atom. The first-order valence-electron chi connectivity index (χ1n) is 10.4. The number of aromatic nitrogens is 3. The average Bonchev–Trinajstić information content (AvgIpc) is 3.20. The number of para-hydroxylation sites is 1. The van der Waals surface area contributed by atoms with Crippen LogP contribution in [0.1, 0.15) is 28.7 Å². The summed E-state index contributed by atoms with van der Waals surface area (Å²) in [7, 11) is 4.85. The Bertz CT molecular complexity index is 1130. The minimum absolute atomic E-state index is 0.118. The molecule has 9 nitrogen and oxygen atoms in total. The van der Waals surface area contributed by atoms with Crippen LogP contribution in [0.2, 0.25) is 0 Å². The lowest BCUT2D eigenvalue weighted by Gasteiger charge is -2.10. The van der Waals surface area contributed by atoms with Crippen molar-refractivity contribution < 1.29 is 19.1 Å². The van der Waals surface area contributed by atoms with Crippen molar-refractivity contribution in [2.24, 2.45) is 7.05 Å². The van der Waals surface area contributed by atoms with Crippen LogP contribution in [-0.4, -0.2) is 46.6 Å². The van der Waals surface area contributed by atoms with Crippen LogP contribution in [0.4, 0.5) is 5.69 Å². The molecule has 2 N–H and O–H groups in total. The third kappa shape index (κ3) is 6.04. The number of carbonyl (C=O) groups excluding carboxylic acids is 2. The summed E-state index contributed by atoms with van der Waals surface area (Å²) in [4.78, 5) is 24.9. The highest BCUT2D eigenvalue weighted by Crippen LogP contribution is 2.27. The second kappa shape index (κ2) is 11.4. The number of rotatable bonds is 10. The van der Waals surface area contributed by atoms with Crippen molar-refractivity contribution in [1.29, 1.82) is 0 Å². The molecule has 0 aliphatic rings. The zero-order chi connectivity index (χ0) is 23.8. The van der Waals surface area contributed by atoms with Crippen molar-refractivity contribution in [3.05, 3.63) is 59.4 Å². The molecule has 3 aromatic rings. The standard InChI is InChI=1S/C23H27N5O4S/c1-5-15-8-6-7-9-17(15)25-21(29)14-33-23-27-26-20(28(23)2)13-24-22(30)16-10-11-18(31-3)19(12-16)32-4/h6-12H,5,13-14H2,1-4H3,(H,24,30)(H,25,29). The molecule has 0 bridgehead atoms. The number of ether oxygens (including phenoxy) is 2. The first-order valence-corrected chi connectivity index (χ1v) is 11.3. The number of methoxy groups -OCH3 is 2. The van der Waals surface area contributed by atoms with Gasteiger partial charge in [-0.1, -0.05) is 36.9 Å². The molecule has 0 aliphatic heterocycles. The van der Waals surface area contributed by atoms with E-state index in [9.17, 15) is 9.59 Å². The van der Waals surface area contributed by atoms with E-state index >= 15 is 0 Å². The Hall–Kier alpha value is -3.53. The van der Waals surface area contributed by atoms with Gasteiger partial charge in [-0.3, -0.25) is 9.59 Å². The average molecular weight is 470 g/mol. The molecule has 0 radical (unpaired) electrons. The van der Waals surface area contributed by atoms with Gasteiger partial charge in [-0.15, -0.1) is 10.2 Å². The van der Waals surface area contributed by atoms with Crippen LogP contribution in [0.5, 0.6) is 11.5 Å². The summed E-state index contributed by atoms with van der Waals surface area (Å²) in [5, 5.41) is 14.6. The monoisotopic (exact) mass is 469 g/mol. The van der Waals surface area contributed by atoms with E-state index < -0.39 is 0 Å². The minimum atomic E-state index is -0.276. The Balaban J connectivity index is 1.55. The summed E-state index contributed by atoms with van der Waals surface area (Å²) >= 11 is 1.28. The van der Waals surface area contributed by atoms with E-state index in [1.165, 1.54) is 26.0 Å². The first-order chi connectivity index (χ1) is 16.0. The molecular weight excluding hydrogens is 442 g/mol. The molecule has 2 amide bonds. The van der Waals surface area contributed by atoms with E-state index in [0.29, 0.717) is 28.0 Å². The molecule has 0 aliphatic carbocycles. The van der Waals surface area contributed by atoms with Gasteiger partial charge in [0.25, 0.3) is 5.91 Å². The second-order valence-corrected chi connectivity index (χ2v) is 8.00. The van der Waals surface area contributed by atoms with Crippen LogP contribution < -0.4 is 20.1 Å². The summed E-state index contributed by atoms with van der Waals surface area (Å²) < 4.78 is 12.2. The molecule has 0 unspecified atom stereocenters. The van der Waals surface area contributed by atoms with Crippen molar-refractivity contribution in [1.82, 2.24) is 20.1 Å². The Morgan fingerprint density at radius 2 is 1.82 bits per heavy atom. The van der Waals surface area contributed by atoms with Gasteiger partial charge in [0.2, 0.25) is 5.91 Å². The van der Waals surface area contributed by atoms with Crippen molar-refractivity contribution in [3.63, 3.8) is 0 Å². The number of hydrogen-bond acceptors (Lipinski definition) is 7. The molecule has 0 atom stereocenters. The van der Waals surface area contributed by atoms with Gasteiger partial charge in [-0.2, -0.15) is 0 Å². The highest BCUT2D eigenvalue weighted by atomic mass is 32.2. The molecule has 33 heavy (non-hydrogen) atoms. The largest absolute Gasteiger partial charge is 0.493 e. The number of carbonyl (C=O) groups is 2. The Labute approximate surface area is 196 Å². The number of aryl methyl sites for hydroxylation is 1. The molecule has 174 valence electrons. The molecule has 0 fully saturated rings. The number of thioether (sulfide) groups is 1. The number of benzene rings is 2. The third-order valence-electron chi connectivity index (χ3n) is 4.98. The first kappa shape index (κ1) is 24.1. The topological polar surface area (TPSA) is 107 Å². The van der Waals surface area contributed by atoms with Gasteiger partial charge >= 0.3 is 0 Å². The number of amides is 2. The number of nitrogens with one attached hydrogen (secondary N) is 2. The molecule has 2 aromatic carbocycles. The maximum Gasteiger partial charge on any atom is 0.251 e. The Morgan fingerprint density at radius 1 is 1.06 bits per heavy atom. The van der Waals surface area contributed by atoms with Gasteiger partial charge in [0.15, 0.2) is 22.5 Å². The highest BCUT2D eigenvalue weighted by Gasteiger charge is 2.15.